The van der Waals surface area contributed by atoms with Crippen LogP contribution >= 0.6 is 0 Å². The summed E-state index contributed by atoms with van der Waals surface area (Å²) >= 11 is 0. The Morgan fingerprint density at radius 2 is 1.86 bits per heavy atom. The van der Waals surface area contributed by atoms with Gasteiger partial charge in [-0.25, -0.2) is 6.08 Å². The number of hydrogen-bond donors (Lipinski definition) is 0. The van der Waals surface area contributed by atoms with Crippen LogP contribution in [0.1, 0.15) is 18.1 Å². The van der Waals surface area contributed by atoms with Crippen molar-refractivity contribution in [3.63, 3.8) is 0 Å². The normalized spacial score (nSPS) is 9.50. The van der Waals surface area contributed by atoms with E-state index >= 15 is 0 Å². The number of hydrogen-bond acceptors (Lipinski definition) is 1. The maximum atomic E-state index is 10.7. The molecule has 1 nitrogen and oxygen atoms in total. The molecule has 0 spiro atoms. The fourth-order valence-electron chi connectivity index (χ4n) is 1.02. The summed E-state index contributed by atoms with van der Waals surface area (Å²) in [7, 11) is 0. The average molecular weight is 260 g/mol. The molecule has 1 aromatic rings. The Morgan fingerprint density at radius 3 is 2.36 bits per heavy atom. The third kappa shape index (κ3) is 4.12. The molecule has 2 heteroatoms. The van der Waals surface area contributed by atoms with Crippen molar-refractivity contribution in [2.45, 2.75) is 6.92 Å². The van der Waals surface area contributed by atoms with Gasteiger partial charge in [0.1, 0.15) is 0 Å². The molecular weight excluding hydrogens is 249 g/mol. The summed E-state index contributed by atoms with van der Waals surface area (Å²) in [6.45, 7) is 6.93. The van der Waals surface area contributed by atoms with E-state index in [-0.39, 0.29) is 38.5 Å². The molecule has 1 radical (unpaired) electrons. The maximum Gasteiger partial charge on any atom is 0.152 e. The van der Waals surface area contributed by atoms with Gasteiger partial charge >= 0.3 is 0 Å². The second-order valence-corrected chi connectivity index (χ2v) is 2.74. The summed E-state index contributed by atoms with van der Waals surface area (Å²) in [5.74, 6) is 0.0341. The zero-order chi connectivity index (χ0) is 9.68. The number of benzene rings is 1. The second kappa shape index (κ2) is 6.86. The fraction of sp³-hybridized carbons (Fsp3) is 0.0833. The number of carbonyl (C=O) groups is 1. The van der Waals surface area contributed by atoms with Gasteiger partial charge in [-0.2, -0.15) is 5.56 Å². The molecule has 0 N–H and O–H groups in total. The van der Waals surface area contributed by atoms with Crippen LogP contribution in [0.15, 0.2) is 30.3 Å². The van der Waals surface area contributed by atoms with Crippen LogP contribution in [0.3, 0.4) is 0 Å². The number of allylic oxidation sites excluding steroid dienone is 1. The van der Waals surface area contributed by atoms with Crippen molar-refractivity contribution in [1.82, 2.24) is 0 Å². The van der Waals surface area contributed by atoms with Crippen LogP contribution in [0.4, 0.5) is 0 Å². The topological polar surface area (TPSA) is 17.1 Å². The summed E-state index contributed by atoms with van der Waals surface area (Å²) in [5, 5.41) is 0. The largest absolute Gasteiger partial charge is 0.295 e. The predicted octanol–water partition coefficient (Wildman–Crippen LogP) is 2.73. The minimum atomic E-state index is 0. The molecule has 0 saturated carbocycles. The van der Waals surface area contributed by atoms with Crippen molar-refractivity contribution in [1.29, 1.82) is 0 Å². The van der Waals surface area contributed by atoms with Crippen molar-refractivity contribution < 1.29 is 37.5 Å². The quantitative estimate of drug-likeness (QED) is 0.603. The summed E-state index contributed by atoms with van der Waals surface area (Å²) in [5.41, 5.74) is 1.89. The van der Waals surface area contributed by atoms with Crippen molar-refractivity contribution in [3.05, 3.63) is 48.0 Å². The van der Waals surface area contributed by atoms with Crippen LogP contribution in [0.5, 0.6) is 0 Å². The van der Waals surface area contributed by atoms with Gasteiger partial charge in [-0.05, 0) is 13.0 Å². The summed E-state index contributed by atoms with van der Waals surface area (Å²) < 4.78 is 0. The minimum absolute atomic E-state index is 0. The van der Waals surface area contributed by atoms with Gasteiger partial charge in [-0.3, -0.25) is 11.4 Å². The molecule has 0 saturated heterocycles. The SMILES string of the molecule is [CH-]=Cc1ccccc1C=CC(C)=O.[Y]. The second-order valence-electron chi connectivity index (χ2n) is 2.74. The van der Waals surface area contributed by atoms with E-state index in [2.05, 4.69) is 0 Å². The fourth-order valence-corrected chi connectivity index (χ4v) is 1.02. The molecule has 0 aliphatic carbocycles. The first-order valence-electron chi connectivity index (χ1n) is 4.06. The Bertz CT molecular complexity index is 353. The van der Waals surface area contributed by atoms with Gasteiger partial charge in [0, 0.05) is 32.7 Å². The monoisotopic (exact) mass is 260 g/mol. The smallest absolute Gasteiger partial charge is 0.152 e. The molecule has 0 aliphatic rings. The minimum Gasteiger partial charge on any atom is -0.295 e. The van der Waals surface area contributed by atoms with Crippen molar-refractivity contribution in [2.75, 3.05) is 0 Å². The van der Waals surface area contributed by atoms with Crippen molar-refractivity contribution >= 4 is 17.9 Å². The third-order valence-electron chi connectivity index (χ3n) is 1.67. The number of carbonyl (C=O) groups excluding carboxylic acids is 1. The zero-order valence-electron chi connectivity index (χ0n) is 8.10. The molecule has 1 aromatic carbocycles. The van der Waals surface area contributed by atoms with Gasteiger partial charge in [0.05, 0.1) is 0 Å². The van der Waals surface area contributed by atoms with Crippen molar-refractivity contribution in [3.8, 4) is 0 Å². The van der Waals surface area contributed by atoms with Gasteiger partial charge in [0.25, 0.3) is 0 Å². The van der Waals surface area contributed by atoms with Crippen LogP contribution in [0.2, 0.25) is 0 Å². The molecule has 0 fully saturated rings. The van der Waals surface area contributed by atoms with Gasteiger partial charge in [0.15, 0.2) is 5.78 Å². The van der Waals surface area contributed by atoms with Crippen LogP contribution in [-0.4, -0.2) is 5.78 Å². The Morgan fingerprint density at radius 1 is 1.29 bits per heavy atom. The van der Waals surface area contributed by atoms with Crippen LogP contribution < -0.4 is 0 Å². The molecule has 69 valence electrons. The van der Waals surface area contributed by atoms with E-state index in [1.54, 1.807) is 6.08 Å². The van der Waals surface area contributed by atoms with Crippen LogP contribution in [0, 0.1) is 6.58 Å². The number of rotatable bonds is 3. The van der Waals surface area contributed by atoms with Gasteiger partial charge in [0.2, 0.25) is 0 Å². The third-order valence-corrected chi connectivity index (χ3v) is 1.67. The van der Waals surface area contributed by atoms with E-state index in [1.807, 2.05) is 24.3 Å². The standard InChI is InChI=1S/C12H11O.Y/c1-3-11-6-4-5-7-12(11)9-8-10(2)13;/h1,3-9H,2H3;/q-1;. The molecule has 0 amide bonds. The summed E-state index contributed by atoms with van der Waals surface area (Å²) in [6, 6.07) is 7.63. The van der Waals surface area contributed by atoms with Gasteiger partial charge < -0.3 is 0 Å². The Kier molecular flexibility index (Phi) is 6.60. The molecule has 0 atom stereocenters. The predicted molar refractivity (Wildman–Crippen MR) is 54.9 cm³/mol. The average Bonchev–Trinajstić information content (AvgIpc) is 2.15. The Hall–Kier alpha value is -0.526. The first-order chi connectivity index (χ1) is 6.24. The van der Waals surface area contributed by atoms with E-state index in [0.29, 0.717) is 0 Å². The van der Waals surface area contributed by atoms with Gasteiger partial charge in [-0.1, -0.05) is 24.3 Å². The maximum absolute atomic E-state index is 10.7. The number of ketones is 1. The molecule has 0 heterocycles. The first-order valence-corrected chi connectivity index (χ1v) is 4.06. The zero-order valence-corrected chi connectivity index (χ0v) is 10.9. The van der Waals surface area contributed by atoms with Crippen LogP contribution in [-0.2, 0) is 37.5 Å². The van der Waals surface area contributed by atoms with E-state index in [1.165, 1.54) is 19.1 Å². The van der Waals surface area contributed by atoms with Crippen LogP contribution in [0.25, 0.3) is 12.2 Å². The van der Waals surface area contributed by atoms with E-state index in [4.69, 9.17) is 6.58 Å². The summed E-state index contributed by atoms with van der Waals surface area (Å²) in [4.78, 5) is 10.7. The molecular formula is C12H11OY-. The first kappa shape index (κ1) is 13.5. The van der Waals surface area contributed by atoms with E-state index in [0.717, 1.165) is 11.1 Å². The van der Waals surface area contributed by atoms with Crippen molar-refractivity contribution in [2.24, 2.45) is 0 Å². The van der Waals surface area contributed by atoms with E-state index < -0.39 is 0 Å². The molecule has 0 unspecified atom stereocenters. The molecule has 0 aromatic heterocycles. The molecule has 0 aliphatic heterocycles. The molecule has 14 heavy (non-hydrogen) atoms. The summed E-state index contributed by atoms with van der Waals surface area (Å²) in [6.07, 6.45) is 4.82. The van der Waals surface area contributed by atoms with E-state index in [9.17, 15) is 4.79 Å². The Balaban J connectivity index is 0.00000169. The van der Waals surface area contributed by atoms with Gasteiger partial charge in [-0.15, -0.1) is 11.6 Å². The molecule has 1 rings (SSSR count). The molecule has 0 bridgehead atoms. The Labute approximate surface area is 110 Å².